The fraction of sp³-hybridized carbons (Fsp3) is 0.0870. The molecule has 0 fully saturated rings. The van der Waals surface area contributed by atoms with E-state index in [-0.39, 0.29) is 75.9 Å². The van der Waals surface area contributed by atoms with E-state index >= 15 is 0 Å². The Morgan fingerprint density at radius 2 is 1.33 bits per heavy atom. The van der Waals surface area contributed by atoms with Crippen molar-refractivity contribution >= 4 is 60.5 Å². The van der Waals surface area contributed by atoms with Crippen LogP contribution in [-0.4, -0.2) is 50.5 Å². The topological polar surface area (TPSA) is 207 Å². The fourth-order valence-corrected chi connectivity index (χ4v) is 5.24. The maximum Gasteiger partial charge on any atom is 1.00 e. The van der Waals surface area contributed by atoms with Crippen molar-refractivity contribution in [2.45, 2.75) is 16.7 Å². The van der Waals surface area contributed by atoms with E-state index in [1.807, 2.05) is 0 Å². The van der Waals surface area contributed by atoms with Crippen LogP contribution in [0.3, 0.4) is 0 Å². The van der Waals surface area contributed by atoms with Gasteiger partial charge in [-0.3, -0.25) is 14.4 Å². The molecule has 0 aliphatic heterocycles. The van der Waals surface area contributed by atoms with Crippen molar-refractivity contribution in [1.82, 2.24) is 0 Å². The summed E-state index contributed by atoms with van der Waals surface area (Å²) in [6.45, 7) is 1.21. The largest absolute Gasteiger partial charge is 1.00 e. The maximum absolute atomic E-state index is 13.4. The van der Waals surface area contributed by atoms with E-state index in [0.717, 1.165) is 17.0 Å². The van der Waals surface area contributed by atoms with E-state index in [4.69, 9.17) is 5.73 Å². The van der Waals surface area contributed by atoms with Crippen LogP contribution in [0.5, 0.6) is 0 Å². The number of hydrogen-bond acceptors (Lipinski definition) is 11. The number of carbonyl (C=O) groups is 3. The molecule has 39 heavy (non-hydrogen) atoms. The monoisotopic (exact) mass is 589 g/mol. The summed E-state index contributed by atoms with van der Waals surface area (Å²) in [5, 5.41) is 2.51. The van der Waals surface area contributed by atoms with Gasteiger partial charge in [0.2, 0.25) is 5.91 Å². The van der Waals surface area contributed by atoms with E-state index in [1.165, 1.54) is 44.3 Å². The van der Waals surface area contributed by atoms with Crippen molar-refractivity contribution < 1.29 is 99.4 Å². The molecule has 0 unspecified atom stereocenters. The van der Waals surface area contributed by atoms with Gasteiger partial charge in [0.05, 0.1) is 38.0 Å². The predicted octanol–water partition coefficient (Wildman–Crippen LogP) is -4.41. The van der Waals surface area contributed by atoms with Gasteiger partial charge < -0.3 is 25.1 Å². The normalized spacial score (nSPS) is 12.4. The first-order valence-corrected chi connectivity index (χ1v) is 13.2. The van der Waals surface area contributed by atoms with Crippen molar-refractivity contribution in [3.05, 3.63) is 70.8 Å². The Balaban J connectivity index is 0.00000267. The number of nitrogens with zero attached hydrogens (tertiary/aromatic N) is 1. The van der Waals surface area contributed by atoms with Crippen LogP contribution < -0.4 is 75.1 Å². The van der Waals surface area contributed by atoms with Gasteiger partial charge in [0.25, 0.3) is 0 Å². The first kappa shape index (κ1) is 33.1. The quantitative estimate of drug-likeness (QED) is 0.129. The molecule has 4 rings (SSSR count). The first-order valence-electron chi connectivity index (χ1n) is 10.3. The van der Waals surface area contributed by atoms with E-state index in [9.17, 15) is 40.3 Å². The standard InChI is InChI=1S/C23H19N3O9S2.2Na/c1-11(27)26(2)12-7-8-15(17(9-12)36(30,31)32)25-16-10-18(37(33,34)35)21(24)20-19(16)22(28)13-5-3-4-6-14(13)23(20)29;;/h3-10,25H,24H2,1-2H3,(H,30,31,32)(H,33,34,35);;/q;2*+1/p-2. The van der Waals surface area contributed by atoms with Gasteiger partial charge in [0.1, 0.15) is 20.2 Å². The Morgan fingerprint density at radius 1 is 0.821 bits per heavy atom. The number of nitrogen functional groups attached to an aromatic ring is 1. The number of hydrogen-bond donors (Lipinski definition) is 2. The van der Waals surface area contributed by atoms with Crippen molar-refractivity contribution in [3.63, 3.8) is 0 Å². The molecule has 3 N–H and O–H groups in total. The van der Waals surface area contributed by atoms with E-state index < -0.39 is 75.7 Å². The summed E-state index contributed by atoms with van der Waals surface area (Å²) in [4.78, 5) is 37.5. The second-order valence-corrected chi connectivity index (χ2v) is 10.8. The van der Waals surface area contributed by atoms with Crippen LogP contribution in [0.25, 0.3) is 0 Å². The van der Waals surface area contributed by atoms with Gasteiger partial charge in [-0.1, -0.05) is 24.3 Å². The molecular formula is C23H17N3Na2O9S2. The number of amides is 1. The molecule has 1 amide bonds. The summed E-state index contributed by atoms with van der Waals surface area (Å²) in [7, 11) is -9.11. The van der Waals surface area contributed by atoms with E-state index in [2.05, 4.69) is 5.32 Å². The van der Waals surface area contributed by atoms with Crippen LogP contribution >= 0.6 is 0 Å². The average molecular weight is 590 g/mol. The summed E-state index contributed by atoms with van der Waals surface area (Å²) in [5.41, 5.74) is 3.28. The second kappa shape index (κ2) is 11.8. The third-order valence-corrected chi connectivity index (χ3v) is 7.59. The van der Waals surface area contributed by atoms with Crippen molar-refractivity contribution in [2.24, 2.45) is 0 Å². The maximum atomic E-state index is 13.4. The van der Waals surface area contributed by atoms with Crippen molar-refractivity contribution in [1.29, 1.82) is 0 Å². The summed E-state index contributed by atoms with van der Waals surface area (Å²) in [5.74, 6) is -2.05. The van der Waals surface area contributed by atoms with Crippen molar-refractivity contribution in [2.75, 3.05) is 23.0 Å². The number of fused-ring (bicyclic) bond motifs is 2. The molecular weight excluding hydrogens is 572 g/mol. The number of rotatable bonds is 5. The van der Waals surface area contributed by atoms with Crippen molar-refractivity contribution in [3.8, 4) is 0 Å². The smallest absolute Gasteiger partial charge is 0.744 e. The molecule has 0 saturated heterocycles. The van der Waals surface area contributed by atoms with E-state index in [0.29, 0.717) is 6.07 Å². The molecule has 1 aliphatic carbocycles. The number of anilines is 4. The molecule has 0 spiro atoms. The molecule has 0 saturated carbocycles. The van der Waals surface area contributed by atoms with Crippen LogP contribution in [0.15, 0.2) is 58.3 Å². The molecule has 0 radical (unpaired) electrons. The molecule has 3 aromatic carbocycles. The summed E-state index contributed by atoms with van der Waals surface area (Å²) in [6, 6.07) is 9.66. The molecule has 192 valence electrons. The zero-order valence-electron chi connectivity index (χ0n) is 21.1. The Kier molecular flexibility index (Phi) is 10.0. The third kappa shape index (κ3) is 6.15. The second-order valence-electron chi connectivity index (χ2n) is 8.08. The van der Waals surface area contributed by atoms with Gasteiger partial charge in [0, 0.05) is 30.8 Å². The molecule has 1 aliphatic rings. The van der Waals surface area contributed by atoms with Gasteiger partial charge in [-0.15, -0.1) is 0 Å². The Morgan fingerprint density at radius 3 is 1.82 bits per heavy atom. The van der Waals surface area contributed by atoms with Gasteiger partial charge in [-0.2, -0.15) is 0 Å². The molecule has 12 nitrogen and oxygen atoms in total. The molecule has 0 atom stereocenters. The number of nitrogens with one attached hydrogen (secondary N) is 1. The Bertz CT molecular complexity index is 1760. The molecule has 0 aromatic heterocycles. The molecule has 0 bridgehead atoms. The van der Waals surface area contributed by atoms with Gasteiger partial charge in [-0.25, -0.2) is 16.8 Å². The Hall–Kier alpha value is -2.11. The van der Waals surface area contributed by atoms with Crippen LogP contribution in [-0.2, 0) is 25.0 Å². The third-order valence-electron chi connectivity index (χ3n) is 5.83. The van der Waals surface area contributed by atoms with Gasteiger partial charge in [0.15, 0.2) is 11.6 Å². The van der Waals surface area contributed by atoms with Crippen LogP contribution in [0.2, 0.25) is 0 Å². The van der Waals surface area contributed by atoms with Gasteiger partial charge in [-0.05, 0) is 24.3 Å². The molecule has 0 heterocycles. The summed E-state index contributed by atoms with van der Waals surface area (Å²) >= 11 is 0. The number of nitrogens with two attached hydrogens (primary N) is 1. The zero-order chi connectivity index (χ0) is 27.4. The number of benzene rings is 3. The average Bonchev–Trinajstić information content (AvgIpc) is 2.81. The Labute approximate surface area is 268 Å². The van der Waals surface area contributed by atoms with Gasteiger partial charge >= 0.3 is 59.1 Å². The summed E-state index contributed by atoms with van der Waals surface area (Å²) < 4.78 is 72.0. The van der Waals surface area contributed by atoms with Crippen LogP contribution in [0, 0.1) is 0 Å². The first-order chi connectivity index (χ1) is 17.1. The molecule has 3 aromatic rings. The predicted molar refractivity (Wildman–Crippen MR) is 129 cm³/mol. The number of carbonyl (C=O) groups excluding carboxylic acids is 3. The zero-order valence-corrected chi connectivity index (χ0v) is 26.8. The van der Waals surface area contributed by atoms with Crippen LogP contribution in [0.1, 0.15) is 38.8 Å². The van der Waals surface area contributed by atoms with Crippen LogP contribution in [0.4, 0.5) is 22.7 Å². The van der Waals surface area contributed by atoms with E-state index in [1.54, 1.807) is 0 Å². The minimum Gasteiger partial charge on any atom is -0.744 e. The number of ketones is 2. The molecule has 16 heteroatoms. The SMILES string of the molecule is CC(=O)N(C)c1ccc(Nc2cc(S(=O)(=O)[O-])c(N)c3c2C(=O)c2ccccc2C3=O)c(S(=O)(=O)[O-])c1.[Na+].[Na+]. The minimum absolute atomic E-state index is 0. The fourth-order valence-electron chi connectivity index (χ4n) is 3.96. The minimum atomic E-state index is -5.27. The summed E-state index contributed by atoms with van der Waals surface area (Å²) in [6.07, 6.45) is 0.